The molecule has 134 valence electrons. The van der Waals surface area contributed by atoms with Gasteiger partial charge in [0.1, 0.15) is 0 Å². The number of carbonyl (C=O) groups is 1. The van der Waals surface area contributed by atoms with Crippen molar-refractivity contribution >= 4 is 21.4 Å². The summed E-state index contributed by atoms with van der Waals surface area (Å²) >= 11 is 0. The minimum atomic E-state index is -3.46. The maximum Gasteiger partial charge on any atom is 0.228 e. The minimum absolute atomic E-state index is 0.0190. The summed E-state index contributed by atoms with van der Waals surface area (Å²) in [4.78, 5) is 14.6. The monoisotopic (exact) mass is 359 g/mol. The zero-order chi connectivity index (χ0) is 18.3. The fourth-order valence-electron chi connectivity index (χ4n) is 2.54. The zero-order valence-corrected chi connectivity index (χ0v) is 15.6. The maximum atomic E-state index is 12.6. The maximum absolute atomic E-state index is 12.6. The number of unbranched alkanes of at least 4 members (excludes halogenated alkanes) is 1. The molecule has 1 amide bonds. The number of benzene rings is 2. The first-order chi connectivity index (χ1) is 11.9. The van der Waals surface area contributed by atoms with E-state index in [1.54, 1.807) is 29.2 Å². The van der Waals surface area contributed by atoms with Crippen LogP contribution in [0.25, 0.3) is 0 Å². The van der Waals surface area contributed by atoms with Crippen LogP contribution in [0, 0.1) is 6.92 Å². The number of hydrogen-bond donors (Lipinski definition) is 0. The molecule has 0 saturated carbocycles. The van der Waals surface area contributed by atoms with Crippen LogP contribution in [0.5, 0.6) is 0 Å². The van der Waals surface area contributed by atoms with E-state index in [1.807, 2.05) is 37.3 Å². The van der Waals surface area contributed by atoms with Crippen LogP contribution >= 0.6 is 0 Å². The van der Waals surface area contributed by atoms with Crippen molar-refractivity contribution in [3.63, 3.8) is 0 Å². The predicted molar refractivity (Wildman–Crippen MR) is 102 cm³/mol. The van der Waals surface area contributed by atoms with Gasteiger partial charge >= 0.3 is 0 Å². The summed E-state index contributed by atoms with van der Waals surface area (Å²) in [6.07, 6.45) is 1.83. The first kappa shape index (κ1) is 19.2. The number of sulfone groups is 1. The van der Waals surface area contributed by atoms with Crippen LogP contribution in [0.15, 0.2) is 59.5 Å². The highest BCUT2D eigenvalue weighted by Gasteiger charge is 2.20. The van der Waals surface area contributed by atoms with Crippen molar-refractivity contribution in [2.45, 2.75) is 38.0 Å². The molecule has 0 heterocycles. The third kappa shape index (κ3) is 5.43. The Morgan fingerprint density at radius 3 is 2.24 bits per heavy atom. The smallest absolute Gasteiger partial charge is 0.228 e. The number of rotatable bonds is 8. The Hall–Kier alpha value is -2.14. The molecular formula is C20H25NO3S. The number of anilines is 1. The molecule has 0 aliphatic carbocycles. The van der Waals surface area contributed by atoms with Crippen molar-refractivity contribution in [2.24, 2.45) is 0 Å². The highest BCUT2D eigenvalue weighted by Crippen LogP contribution is 2.18. The Labute approximate surface area is 150 Å². The molecule has 0 bridgehead atoms. The fourth-order valence-corrected chi connectivity index (χ4v) is 3.77. The van der Waals surface area contributed by atoms with Gasteiger partial charge in [-0.1, -0.05) is 49.2 Å². The zero-order valence-electron chi connectivity index (χ0n) is 14.8. The molecular weight excluding hydrogens is 334 g/mol. The largest absolute Gasteiger partial charge is 0.312 e. The summed E-state index contributed by atoms with van der Waals surface area (Å²) in [5.41, 5.74) is 1.82. The van der Waals surface area contributed by atoms with Crippen molar-refractivity contribution in [1.29, 1.82) is 0 Å². The molecule has 0 N–H and O–H groups in total. The minimum Gasteiger partial charge on any atom is -0.312 e. The summed E-state index contributed by atoms with van der Waals surface area (Å²) in [7, 11) is -3.46. The molecule has 4 nitrogen and oxygen atoms in total. The van der Waals surface area contributed by atoms with E-state index >= 15 is 0 Å². The van der Waals surface area contributed by atoms with Gasteiger partial charge in [-0.3, -0.25) is 4.79 Å². The predicted octanol–water partition coefficient (Wildman–Crippen LogP) is 3.99. The molecule has 5 heteroatoms. The number of aryl methyl sites for hydroxylation is 1. The average molecular weight is 359 g/mol. The van der Waals surface area contributed by atoms with Crippen LogP contribution in [0.3, 0.4) is 0 Å². The van der Waals surface area contributed by atoms with Crippen molar-refractivity contribution in [3.8, 4) is 0 Å². The van der Waals surface area contributed by atoms with Crippen LogP contribution in [0.1, 0.15) is 31.7 Å². The molecule has 0 aliphatic heterocycles. The fraction of sp³-hybridized carbons (Fsp3) is 0.350. The normalized spacial score (nSPS) is 11.3. The molecule has 2 aromatic rings. The Bertz CT molecular complexity index is 783. The summed E-state index contributed by atoms with van der Waals surface area (Å²) < 4.78 is 24.9. The van der Waals surface area contributed by atoms with Crippen molar-refractivity contribution in [2.75, 3.05) is 17.2 Å². The first-order valence-electron chi connectivity index (χ1n) is 8.59. The van der Waals surface area contributed by atoms with Gasteiger partial charge in [-0.15, -0.1) is 0 Å². The number of nitrogens with zero attached hydrogens (tertiary/aromatic N) is 1. The van der Waals surface area contributed by atoms with Gasteiger partial charge in [0, 0.05) is 18.7 Å². The standard InChI is InChI=1S/C20H25NO3S/c1-3-4-15-21(18-8-6-5-7-9-18)20(22)14-16-25(23,24)19-12-10-17(2)11-13-19/h5-13H,3-4,14-16H2,1-2H3. The van der Waals surface area contributed by atoms with E-state index in [2.05, 4.69) is 6.92 Å². The quantitative estimate of drug-likeness (QED) is 0.716. The number of carbonyl (C=O) groups excluding carboxylic acids is 1. The third-order valence-electron chi connectivity index (χ3n) is 4.07. The molecule has 0 aromatic heterocycles. The number of para-hydroxylation sites is 1. The van der Waals surface area contributed by atoms with Gasteiger partial charge in [0.15, 0.2) is 9.84 Å². The Morgan fingerprint density at radius 2 is 1.64 bits per heavy atom. The van der Waals surface area contributed by atoms with Gasteiger partial charge < -0.3 is 4.90 Å². The van der Waals surface area contributed by atoms with Crippen LogP contribution in [0.4, 0.5) is 5.69 Å². The van der Waals surface area contributed by atoms with E-state index in [-0.39, 0.29) is 23.0 Å². The molecule has 2 aromatic carbocycles. The van der Waals surface area contributed by atoms with Crippen LogP contribution in [0.2, 0.25) is 0 Å². The molecule has 0 radical (unpaired) electrons. The second-order valence-corrected chi connectivity index (χ2v) is 8.23. The topological polar surface area (TPSA) is 54.5 Å². The Kier molecular flexibility index (Phi) is 6.76. The second-order valence-electron chi connectivity index (χ2n) is 6.12. The lowest BCUT2D eigenvalue weighted by atomic mass is 10.2. The molecule has 0 spiro atoms. The number of amides is 1. The molecule has 0 fully saturated rings. The first-order valence-corrected chi connectivity index (χ1v) is 10.2. The van der Waals surface area contributed by atoms with Gasteiger partial charge in [0.2, 0.25) is 5.91 Å². The van der Waals surface area contributed by atoms with E-state index in [0.29, 0.717) is 6.54 Å². The number of hydrogen-bond acceptors (Lipinski definition) is 3. The summed E-state index contributed by atoms with van der Waals surface area (Å²) in [6, 6.07) is 16.1. The Morgan fingerprint density at radius 1 is 1.00 bits per heavy atom. The lowest BCUT2D eigenvalue weighted by molar-refractivity contribution is -0.118. The molecule has 0 unspecified atom stereocenters. The van der Waals surface area contributed by atoms with Crippen molar-refractivity contribution in [1.82, 2.24) is 0 Å². The highest BCUT2D eigenvalue weighted by atomic mass is 32.2. The Balaban J connectivity index is 2.08. The van der Waals surface area contributed by atoms with Crippen LogP contribution in [-0.2, 0) is 14.6 Å². The molecule has 0 aliphatic rings. The van der Waals surface area contributed by atoms with Gasteiger partial charge in [0.05, 0.1) is 10.6 Å². The summed E-state index contributed by atoms with van der Waals surface area (Å²) in [5, 5.41) is 0. The molecule has 2 rings (SSSR count). The molecule has 0 saturated heterocycles. The van der Waals surface area contributed by atoms with E-state index in [1.165, 1.54) is 0 Å². The SMILES string of the molecule is CCCCN(C(=O)CCS(=O)(=O)c1ccc(C)cc1)c1ccccc1. The average Bonchev–Trinajstić information content (AvgIpc) is 2.62. The van der Waals surface area contributed by atoms with Gasteiger partial charge in [-0.25, -0.2) is 8.42 Å². The third-order valence-corrected chi connectivity index (χ3v) is 5.80. The van der Waals surface area contributed by atoms with Crippen LogP contribution in [-0.4, -0.2) is 26.6 Å². The molecule has 0 atom stereocenters. The van der Waals surface area contributed by atoms with E-state index in [4.69, 9.17) is 0 Å². The van der Waals surface area contributed by atoms with Gasteiger partial charge in [0.25, 0.3) is 0 Å². The van der Waals surface area contributed by atoms with E-state index in [9.17, 15) is 13.2 Å². The highest BCUT2D eigenvalue weighted by molar-refractivity contribution is 7.91. The van der Waals surface area contributed by atoms with Gasteiger partial charge in [-0.2, -0.15) is 0 Å². The van der Waals surface area contributed by atoms with Crippen molar-refractivity contribution in [3.05, 3.63) is 60.2 Å². The van der Waals surface area contributed by atoms with E-state index in [0.717, 1.165) is 24.1 Å². The molecule has 25 heavy (non-hydrogen) atoms. The summed E-state index contributed by atoms with van der Waals surface area (Å²) in [5.74, 6) is -0.333. The van der Waals surface area contributed by atoms with Gasteiger partial charge in [-0.05, 0) is 37.6 Å². The summed E-state index contributed by atoms with van der Waals surface area (Å²) in [6.45, 7) is 4.57. The van der Waals surface area contributed by atoms with E-state index < -0.39 is 9.84 Å². The van der Waals surface area contributed by atoms with Crippen LogP contribution < -0.4 is 4.90 Å². The van der Waals surface area contributed by atoms with Crippen molar-refractivity contribution < 1.29 is 13.2 Å². The second kappa shape index (κ2) is 8.81. The lowest BCUT2D eigenvalue weighted by Gasteiger charge is -2.22. The lowest BCUT2D eigenvalue weighted by Crippen LogP contribution is -2.33.